The molecule has 3 nitrogen and oxygen atoms in total. The fraction of sp³-hybridized carbons (Fsp3) is 0.450. The van der Waals surface area contributed by atoms with E-state index < -0.39 is 0 Å². The number of hydrogen-bond donors (Lipinski definition) is 1. The van der Waals surface area contributed by atoms with Gasteiger partial charge in [-0.1, -0.05) is 48.5 Å². The molecule has 4 rings (SSSR count). The maximum Gasteiger partial charge on any atom is 0.108 e. The van der Waals surface area contributed by atoms with Crippen LogP contribution in [0.4, 0.5) is 5.69 Å². The molecule has 25 heavy (non-hydrogen) atoms. The highest BCUT2D eigenvalue weighted by molar-refractivity contribution is 6.42. The predicted molar refractivity (Wildman–Crippen MR) is 106 cm³/mol. The van der Waals surface area contributed by atoms with Crippen LogP contribution in [-0.4, -0.2) is 10.4 Å². The first-order valence-electron chi connectivity index (χ1n) is 8.97. The van der Waals surface area contributed by atoms with Crippen LogP contribution in [0.15, 0.2) is 35.5 Å². The minimum absolute atomic E-state index is 0.160. The molecule has 0 unspecified atom stereocenters. The number of aryl methyl sites for hydroxylation is 1. The van der Waals surface area contributed by atoms with Crippen molar-refractivity contribution in [3.8, 4) is 0 Å². The fourth-order valence-corrected chi connectivity index (χ4v) is 4.54. The highest BCUT2D eigenvalue weighted by Gasteiger charge is 2.41. The van der Waals surface area contributed by atoms with E-state index in [4.69, 9.17) is 28.2 Å². The van der Waals surface area contributed by atoms with Gasteiger partial charge in [-0.25, -0.2) is 0 Å². The number of halogens is 2. The van der Waals surface area contributed by atoms with Crippen LogP contribution in [0.5, 0.6) is 0 Å². The molecule has 0 atom stereocenters. The van der Waals surface area contributed by atoms with E-state index in [9.17, 15) is 0 Å². The lowest BCUT2D eigenvalue weighted by Crippen LogP contribution is -2.43. The number of nitrogens with zero attached hydrogens (tertiary/aromatic N) is 2. The van der Waals surface area contributed by atoms with Crippen molar-refractivity contribution in [1.82, 2.24) is 4.57 Å². The van der Waals surface area contributed by atoms with Crippen molar-refractivity contribution in [2.24, 2.45) is 17.5 Å². The molecule has 2 aliphatic rings. The summed E-state index contributed by atoms with van der Waals surface area (Å²) in [4.78, 5) is 5.00. The van der Waals surface area contributed by atoms with E-state index in [0.29, 0.717) is 16.6 Å². The molecule has 1 aliphatic carbocycles. The minimum atomic E-state index is 0.160. The van der Waals surface area contributed by atoms with Crippen LogP contribution in [-0.2, 0) is 20.0 Å². The summed E-state index contributed by atoms with van der Waals surface area (Å²) in [5.41, 5.74) is 3.85. The van der Waals surface area contributed by atoms with Crippen LogP contribution in [0.2, 0.25) is 10.0 Å². The molecule has 1 N–H and O–H groups in total. The van der Waals surface area contributed by atoms with E-state index >= 15 is 0 Å². The van der Waals surface area contributed by atoms with E-state index in [1.165, 1.54) is 43.5 Å². The lowest BCUT2D eigenvalue weighted by atomic mass is 9.68. The van der Waals surface area contributed by atoms with Crippen LogP contribution in [0, 0.1) is 5.41 Å². The second kappa shape index (κ2) is 6.69. The van der Waals surface area contributed by atoms with Crippen LogP contribution >= 0.6 is 23.2 Å². The van der Waals surface area contributed by atoms with Crippen molar-refractivity contribution in [2.75, 3.05) is 5.32 Å². The molecule has 2 aromatic rings. The highest BCUT2D eigenvalue weighted by atomic mass is 35.5. The molecular weight excluding hydrogens is 353 g/mol. The first-order chi connectivity index (χ1) is 12.1. The van der Waals surface area contributed by atoms with Gasteiger partial charge in [0.05, 0.1) is 22.3 Å². The summed E-state index contributed by atoms with van der Waals surface area (Å²) in [7, 11) is 2.13. The Morgan fingerprint density at radius 2 is 1.92 bits per heavy atom. The van der Waals surface area contributed by atoms with Crippen LogP contribution in [0.25, 0.3) is 0 Å². The van der Waals surface area contributed by atoms with Crippen molar-refractivity contribution in [3.05, 3.63) is 51.8 Å². The standard InChI is InChI=1S/C20H23Cl2N3/c1-25-10-7-17-18(25)12-20(8-3-2-4-9-20)19(24-17)23-13-14-5-6-15(21)16(22)11-14/h5-7,10-11H,2-4,8-9,12-13H2,1H3,(H,23,24). The maximum absolute atomic E-state index is 6.15. The molecule has 1 aromatic heterocycles. The van der Waals surface area contributed by atoms with Gasteiger partial charge in [0.15, 0.2) is 0 Å². The topological polar surface area (TPSA) is 29.3 Å². The van der Waals surface area contributed by atoms with Gasteiger partial charge >= 0.3 is 0 Å². The zero-order valence-corrected chi connectivity index (χ0v) is 16.0. The predicted octanol–water partition coefficient (Wildman–Crippen LogP) is 5.85. The molecule has 0 radical (unpaired) electrons. The summed E-state index contributed by atoms with van der Waals surface area (Å²) in [6.07, 6.45) is 9.55. The normalized spacial score (nSPS) is 20.5. The quantitative estimate of drug-likeness (QED) is 0.700. The highest BCUT2D eigenvalue weighted by Crippen LogP contribution is 2.45. The Morgan fingerprint density at radius 1 is 1.12 bits per heavy atom. The Bertz CT molecular complexity index is 816. The molecule has 1 fully saturated rings. The molecule has 1 saturated carbocycles. The number of benzene rings is 1. The third-order valence-corrected chi connectivity index (χ3v) is 6.42. The zero-order chi connectivity index (χ0) is 17.4. The monoisotopic (exact) mass is 375 g/mol. The SMILES string of the molecule is Cn1ccc2c1CC1(CCCCC1)C(=NCc1ccc(Cl)c(Cl)c1)N2. The van der Waals surface area contributed by atoms with E-state index in [-0.39, 0.29) is 5.41 Å². The number of aromatic nitrogens is 1. The molecule has 0 saturated heterocycles. The molecule has 1 aliphatic heterocycles. The number of anilines is 1. The van der Waals surface area contributed by atoms with Gasteiger partial charge in [-0.2, -0.15) is 0 Å². The summed E-state index contributed by atoms with van der Waals surface area (Å²) >= 11 is 12.2. The smallest absolute Gasteiger partial charge is 0.108 e. The van der Waals surface area contributed by atoms with Crippen LogP contribution in [0.1, 0.15) is 43.4 Å². The molecule has 1 spiro atoms. The van der Waals surface area contributed by atoms with Crippen molar-refractivity contribution in [3.63, 3.8) is 0 Å². The molecule has 2 heterocycles. The number of hydrogen-bond acceptors (Lipinski definition) is 1. The zero-order valence-electron chi connectivity index (χ0n) is 14.5. The van der Waals surface area contributed by atoms with Crippen LogP contribution in [0.3, 0.4) is 0 Å². The fourth-order valence-electron chi connectivity index (χ4n) is 4.22. The van der Waals surface area contributed by atoms with E-state index in [2.05, 4.69) is 29.2 Å². The Labute approximate surface area is 159 Å². The van der Waals surface area contributed by atoms with Gasteiger partial charge in [-0.3, -0.25) is 4.99 Å². The van der Waals surface area contributed by atoms with Gasteiger partial charge < -0.3 is 9.88 Å². The van der Waals surface area contributed by atoms with E-state index in [1.807, 2.05) is 18.2 Å². The molecule has 132 valence electrons. The number of aliphatic imine (C=N–C) groups is 1. The number of amidine groups is 1. The molecule has 1 aromatic carbocycles. The van der Waals surface area contributed by atoms with Crippen molar-refractivity contribution in [1.29, 1.82) is 0 Å². The van der Waals surface area contributed by atoms with Gasteiger partial charge in [-0.05, 0) is 36.6 Å². The van der Waals surface area contributed by atoms with Gasteiger partial charge in [0.1, 0.15) is 5.84 Å². The molecule has 0 bridgehead atoms. The number of fused-ring (bicyclic) bond motifs is 1. The number of rotatable bonds is 2. The summed E-state index contributed by atoms with van der Waals surface area (Å²) in [5, 5.41) is 4.83. The summed E-state index contributed by atoms with van der Waals surface area (Å²) in [6, 6.07) is 7.92. The lowest BCUT2D eigenvalue weighted by molar-refractivity contribution is 0.274. The first kappa shape index (κ1) is 17.0. The van der Waals surface area contributed by atoms with E-state index in [0.717, 1.165) is 17.8 Å². The van der Waals surface area contributed by atoms with Gasteiger partial charge in [0, 0.05) is 30.8 Å². The Hall–Kier alpha value is -1.45. The average Bonchev–Trinajstić information content (AvgIpc) is 2.96. The van der Waals surface area contributed by atoms with Gasteiger partial charge in [0.25, 0.3) is 0 Å². The third kappa shape index (κ3) is 3.20. The third-order valence-electron chi connectivity index (χ3n) is 5.68. The Kier molecular flexibility index (Phi) is 4.55. The maximum atomic E-state index is 6.15. The average molecular weight is 376 g/mol. The lowest BCUT2D eigenvalue weighted by Gasteiger charge is -2.42. The molecule has 0 amide bonds. The first-order valence-corrected chi connectivity index (χ1v) is 9.73. The minimum Gasteiger partial charge on any atom is -0.353 e. The van der Waals surface area contributed by atoms with Crippen molar-refractivity contribution in [2.45, 2.75) is 45.1 Å². The van der Waals surface area contributed by atoms with Gasteiger partial charge in [0.2, 0.25) is 0 Å². The molecular formula is C20H23Cl2N3. The largest absolute Gasteiger partial charge is 0.353 e. The summed E-state index contributed by atoms with van der Waals surface area (Å²) < 4.78 is 2.24. The number of nitrogens with one attached hydrogen (secondary N) is 1. The van der Waals surface area contributed by atoms with Crippen molar-refractivity contribution < 1.29 is 0 Å². The summed E-state index contributed by atoms with van der Waals surface area (Å²) in [5.74, 6) is 1.15. The molecule has 5 heteroatoms. The van der Waals surface area contributed by atoms with Gasteiger partial charge in [-0.15, -0.1) is 0 Å². The Balaban J connectivity index is 1.66. The van der Waals surface area contributed by atoms with Crippen molar-refractivity contribution >= 4 is 34.7 Å². The second-order valence-electron chi connectivity index (χ2n) is 7.34. The Morgan fingerprint density at radius 3 is 2.68 bits per heavy atom. The second-order valence-corrected chi connectivity index (χ2v) is 8.16. The van der Waals surface area contributed by atoms with E-state index in [1.54, 1.807) is 0 Å². The van der Waals surface area contributed by atoms with Crippen LogP contribution < -0.4 is 5.32 Å². The summed E-state index contributed by atoms with van der Waals surface area (Å²) in [6.45, 7) is 0.628.